The Labute approximate surface area is 171 Å². The first-order valence-electron chi connectivity index (χ1n) is 9.88. The molecule has 0 radical (unpaired) electrons. The summed E-state index contributed by atoms with van der Waals surface area (Å²) in [6.07, 6.45) is 6.01. The van der Waals surface area contributed by atoms with Gasteiger partial charge in [-0.3, -0.25) is 9.47 Å². The highest BCUT2D eigenvalue weighted by molar-refractivity contribution is 7.71. The van der Waals surface area contributed by atoms with Crippen LogP contribution < -0.4 is 4.90 Å². The molecule has 0 atom stereocenters. The van der Waals surface area contributed by atoms with Gasteiger partial charge in [0.25, 0.3) is 0 Å². The van der Waals surface area contributed by atoms with Crippen molar-refractivity contribution in [1.82, 2.24) is 19.0 Å². The lowest BCUT2D eigenvalue weighted by Gasteiger charge is -2.35. The van der Waals surface area contributed by atoms with Crippen molar-refractivity contribution in [3.05, 3.63) is 71.4 Å². The fourth-order valence-corrected chi connectivity index (χ4v) is 3.90. The number of nitrogens with zero attached hydrogens (tertiary/aromatic N) is 5. The second kappa shape index (κ2) is 8.29. The van der Waals surface area contributed by atoms with E-state index in [0.29, 0.717) is 5.92 Å². The van der Waals surface area contributed by atoms with Gasteiger partial charge in [0.2, 0.25) is 0 Å². The van der Waals surface area contributed by atoms with Crippen LogP contribution in [0.25, 0.3) is 5.69 Å². The van der Waals surface area contributed by atoms with Crippen LogP contribution in [-0.2, 0) is 6.67 Å². The second-order valence-corrected chi connectivity index (χ2v) is 7.97. The molecular weight excluding hydrogens is 366 g/mol. The maximum atomic E-state index is 5.74. The summed E-state index contributed by atoms with van der Waals surface area (Å²) in [6, 6.07) is 14.8. The fourth-order valence-electron chi connectivity index (χ4n) is 3.61. The summed E-state index contributed by atoms with van der Waals surface area (Å²) < 4.78 is 5.08. The SMILES string of the molecule is CC(C)c1ccc(-n2ccn(CN3CCN(c4ccccn4)CC3)c2=S)cc1. The summed E-state index contributed by atoms with van der Waals surface area (Å²) in [7, 11) is 0. The molecule has 4 rings (SSSR count). The van der Waals surface area contributed by atoms with Crippen LogP contribution in [0.3, 0.4) is 0 Å². The summed E-state index contributed by atoms with van der Waals surface area (Å²) in [4.78, 5) is 9.25. The molecule has 3 aromatic rings. The highest BCUT2D eigenvalue weighted by atomic mass is 32.1. The van der Waals surface area contributed by atoms with Crippen LogP contribution in [0.15, 0.2) is 61.1 Å². The summed E-state index contributed by atoms with van der Waals surface area (Å²) in [6.45, 7) is 9.24. The lowest BCUT2D eigenvalue weighted by atomic mass is 10.0. The topological polar surface area (TPSA) is 29.2 Å². The standard InChI is InChI=1S/C22H27N5S/c1-18(2)19-6-8-20(9-7-19)27-16-15-26(22(27)28)17-24-11-13-25(14-12-24)21-5-3-4-10-23-21/h3-10,15-16,18H,11-14,17H2,1-2H3. The smallest absolute Gasteiger partial charge is 0.185 e. The molecule has 6 heteroatoms. The zero-order valence-corrected chi connectivity index (χ0v) is 17.3. The van der Waals surface area contributed by atoms with Crippen molar-refractivity contribution in [2.24, 2.45) is 0 Å². The van der Waals surface area contributed by atoms with Crippen LogP contribution in [0.1, 0.15) is 25.3 Å². The molecule has 1 saturated heterocycles. The van der Waals surface area contributed by atoms with E-state index in [0.717, 1.165) is 49.1 Å². The summed E-state index contributed by atoms with van der Waals surface area (Å²) in [5.74, 6) is 1.60. The van der Waals surface area contributed by atoms with Crippen LogP contribution in [0, 0.1) is 4.77 Å². The lowest BCUT2D eigenvalue weighted by molar-refractivity contribution is 0.204. The molecule has 146 valence electrons. The van der Waals surface area contributed by atoms with Crippen molar-refractivity contribution in [1.29, 1.82) is 0 Å². The third-order valence-electron chi connectivity index (χ3n) is 5.38. The van der Waals surface area contributed by atoms with Gasteiger partial charge in [0.05, 0.1) is 6.67 Å². The predicted octanol–water partition coefficient (Wildman–Crippen LogP) is 4.31. The average molecular weight is 394 g/mol. The van der Waals surface area contributed by atoms with E-state index in [1.54, 1.807) is 0 Å². The van der Waals surface area contributed by atoms with Crippen molar-refractivity contribution in [2.75, 3.05) is 31.1 Å². The van der Waals surface area contributed by atoms with E-state index in [1.165, 1.54) is 5.56 Å². The van der Waals surface area contributed by atoms with Crippen LogP contribution in [0.2, 0.25) is 0 Å². The van der Waals surface area contributed by atoms with Crippen molar-refractivity contribution in [3.63, 3.8) is 0 Å². The molecule has 1 aliphatic rings. The van der Waals surface area contributed by atoms with E-state index < -0.39 is 0 Å². The molecule has 1 aliphatic heterocycles. The van der Waals surface area contributed by atoms with Crippen molar-refractivity contribution in [3.8, 4) is 5.69 Å². The van der Waals surface area contributed by atoms with Crippen LogP contribution >= 0.6 is 12.2 Å². The first-order chi connectivity index (χ1) is 13.6. The quantitative estimate of drug-likeness (QED) is 0.604. The largest absolute Gasteiger partial charge is 0.354 e. The Morgan fingerprint density at radius 2 is 1.71 bits per heavy atom. The first kappa shape index (κ1) is 18.9. The van der Waals surface area contributed by atoms with Gasteiger partial charge in [0.15, 0.2) is 4.77 Å². The lowest BCUT2D eigenvalue weighted by Crippen LogP contribution is -2.47. The minimum absolute atomic E-state index is 0.538. The molecule has 3 heterocycles. The maximum Gasteiger partial charge on any atom is 0.185 e. The number of hydrogen-bond donors (Lipinski definition) is 0. The van der Waals surface area contributed by atoms with Crippen molar-refractivity contribution in [2.45, 2.75) is 26.4 Å². The third kappa shape index (κ3) is 4.03. The Morgan fingerprint density at radius 1 is 0.964 bits per heavy atom. The first-order valence-corrected chi connectivity index (χ1v) is 10.3. The number of anilines is 1. The van der Waals surface area contributed by atoms with Gasteiger partial charge in [-0.25, -0.2) is 4.98 Å². The molecule has 0 bridgehead atoms. The van der Waals surface area contributed by atoms with Crippen LogP contribution in [0.5, 0.6) is 0 Å². The number of pyridine rings is 1. The number of rotatable bonds is 5. The number of aromatic nitrogens is 3. The zero-order valence-electron chi connectivity index (χ0n) is 16.5. The van der Waals surface area contributed by atoms with Crippen molar-refractivity contribution >= 4 is 18.0 Å². The summed E-state index contributed by atoms with van der Waals surface area (Å²) >= 11 is 5.74. The van der Waals surface area contributed by atoms with E-state index in [2.05, 4.69) is 80.5 Å². The van der Waals surface area contributed by atoms with Crippen LogP contribution in [-0.4, -0.2) is 45.2 Å². The zero-order chi connectivity index (χ0) is 19.5. The van der Waals surface area contributed by atoms with Gasteiger partial charge in [-0.1, -0.05) is 32.0 Å². The van der Waals surface area contributed by atoms with Gasteiger partial charge >= 0.3 is 0 Å². The Bertz CT molecular complexity index is 951. The molecule has 1 aromatic carbocycles. The van der Waals surface area contributed by atoms with Crippen molar-refractivity contribution < 1.29 is 0 Å². The predicted molar refractivity (Wildman–Crippen MR) is 117 cm³/mol. The monoisotopic (exact) mass is 393 g/mol. The van der Waals surface area contributed by atoms with Gasteiger partial charge in [0.1, 0.15) is 5.82 Å². The fraction of sp³-hybridized carbons (Fsp3) is 0.364. The van der Waals surface area contributed by atoms with E-state index in [1.807, 2.05) is 18.3 Å². The van der Waals surface area contributed by atoms with Gasteiger partial charge in [-0.05, 0) is 48.0 Å². The Kier molecular flexibility index (Phi) is 5.59. The molecule has 0 unspecified atom stereocenters. The Morgan fingerprint density at radius 3 is 2.36 bits per heavy atom. The molecule has 0 amide bonds. The molecule has 2 aromatic heterocycles. The van der Waals surface area contributed by atoms with Crippen LogP contribution in [0.4, 0.5) is 5.82 Å². The van der Waals surface area contributed by atoms with Gasteiger partial charge in [-0.15, -0.1) is 0 Å². The average Bonchev–Trinajstić information content (AvgIpc) is 3.09. The molecule has 0 N–H and O–H groups in total. The van der Waals surface area contributed by atoms with E-state index in [-0.39, 0.29) is 0 Å². The van der Waals surface area contributed by atoms with E-state index >= 15 is 0 Å². The molecule has 0 aliphatic carbocycles. The maximum absolute atomic E-state index is 5.74. The summed E-state index contributed by atoms with van der Waals surface area (Å²) in [5.41, 5.74) is 2.47. The normalized spacial score (nSPS) is 15.3. The van der Waals surface area contributed by atoms with Gasteiger partial charge in [0, 0.05) is 50.5 Å². The Balaban J connectivity index is 1.41. The molecule has 0 saturated carbocycles. The highest BCUT2D eigenvalue weighted by Crippen LogP contribution is 2.18. The molecule has 5 nitrogen and oxygen atoms in total. The minimum atomic E-state index is 0.538. The number of hydrogen-bond acceptors (Lipinski definition) is 4. The van der Waals surface area contributed by atoms with Gasteiger partial charge < -0.3 is 9.47 Å². The molecule has 1 fully saturated rings. The number of piperazine rings is 1. The second-order valence-electron chi connectivity index (χ2n) is 7.60. The molecule has 0 spiro atoms. The van der Waals surface area contributed by atoms with E-state index in [4.69, 9.17) is 12.2 Å². The number of imidazole rings is 1. The highest BCUT2D eigenvalue weighted by Gasteiger charge is 2.18. The summed E-state index contributed by atoms with van der Waals surface area (Å²) in [5, 5.41) is 0. The van der Waals surface area contributed by atoms with E-state index in [9.17, 15) is 0 Å². The minimum Gasteiger partial charge on any atom is -0.354 e. The molecular formula is C22H27N5S. The number of benzene rings is 1. The third-order valence-corrected chi connectivity index (χ3v) is 5.81. The Hall–Kier alpha value is -2.44. The van der Waals surface area contributed by atoms with Gasteiger partial charge in [-0.2, -0.15) is 0 Å². The molecule has 28 heavy (non-hydrogen) atoms.